The molecule has 2 amide bonds. The first kappa shape index (κ1) is 16.7. The largest absolute Gasteiger partial charge is 0.390 e. The van der Waals surface area contributed by atoms with Gasteiger partial charge in [-0.25, -0.2) is 13.6 Å². The summed E-state index contributed by atoms with van der Waals surface area (Å²) >= 11 is 0. The van der Waals surface area contributed by atoms with Gasteiger partial charge in [-0.3, -0.25) is 4.68 Å². The highest BCUT2D eigenvalue weighted by Crippen LogP contribution is 2.23. The molecular formula is C14H22F2N4O2. The van der Waals surface area contributed by atoms with E-state index in [1.807, 2.05) is 24.7 Å². The van der Waals surface area contributed by atoms with E-state index in [9.17, 15) is 13.6 Å². The molecule has 1 unspecified atom stereocenters. The van der Waals surface area contributed by atoms with Crippen molar-refractivity contribution in [2.24, 2.45) is 0 Å². The number of aryl methyl sites for hydroxylation is 1. The number of hydrogen-bond acceptors (Lipinski definition) is 3. The molecule has 0 fully saturated rings. The standard InChI is InChI=1S/C14H22F2N4O2/c1-9(2)20-12-5-11(4-3-10(12)6-18-20)19-13(22)17-7-14(15,16)8-21/h6,9,11,21H,3-5,7-8H2,1-2H3,(H2,17,19,22). The maximum absolute atomic E-state index is 12.9. The van der Waals surface area contributed by atoms with Gasteiger partial charge in [-0.2, -0.15) is 5.10 Å². The number of hydrogen-bond donors (Lipinski definition) is 3. The summed E-state index contributed by atoms with van der Waals surface area (Å²) in [6, 6.07) is -0.513. The van der Waals surface area contributed by atoms with Gasteiger partial charge in [0.2, 0.25) is 0 Å². The molecule has 0 aromatic carbocycles. The number of carbonyl (C=O) groups excluding carboxylic acids is 1. The molecule has 0 saturated carbocycles. The third kappa shape index (κ3) is 3.94. The van der Waals surface area contributed by atoms with E-state index in [0.717, 1.165) is 18.5 Å². The zero-order valence-electron chi connectivity index (χ0n) is 12.8. The minimum atomic E-state index is -3.30. The van der Waals surface area contributed by atoms with Crippen LogP contribution in [0.1, 0.15) is 37.6 Å². The summed E-state index contributed by atoms with van der Waals surface area (Å²) in [7, 11) is 0. The topological polar surface area (TPSA) is 79.2 Å². The highest BCUT2D eigenvalue weighted by atomic mass is 19.3. The van der Waals surface area contributed by atoms with Crippen LogP contribution in [0.25, 0.3) is 0 Å². The predicted octanol–water partition coefficient (Wildman–Crippen LogP) is 1.25. The highest BCUT2D eigenvalue weighted by Gasteiger charge is 2.29. The molecule has 0 spiro atoms. The molecule has 1 aliphatic carbocycles. The minimum absolute atomic E-state index is 0.107. The summed E-state index contributed by atoms with van der Waals surface area (Å²) in [6.07, 6.45) is 4.05. The first-order chi connectivity index (χ1) is 10.3. The van der Waals surface area contributed by atoms with Crippen molar-refractivity contribution in [3.63, 3.8) is 0 Å². The van der Waals surface area contributed by atoms with Crippen molar-refractivity contribution in [3.8, 4) is 0 Å². The van der Waals surface area contributed by atoms with Gasteiger partial charge in [0.15, 0.2) is 0 Å². The molecule has 0 radical (unpaired) electrons. The molecule has 2 rings (SSSR count). The highest BCUT2D eigenvalue weighted by molar-refractivity contribution is 5.74. The van der Waals surface area contributed by atoms with Crippen LogP contribution in [0.2, 0.25) is 0 Å². The summed E-state index contributed by atoms with van der Waals surface area (Å²) in [5, 5.41) is 17.6. The molecule has 1 aromatic rings. The number of aliphatic hydroxyl groups excluding tert-OH is 1. The number of aliphatic hydroxyl groups is 1. The van der Waals surface area contributed by atoms with Crippen molar-refractivity contribution >= 4 is 6.03 Å². The molecule has 1 heterocycles. The van der Waals surface area contributed by atoms with E-state index in [0.29, 0.717) is 6.42 Å². The van der Waals surface area contributed by atoms with Gasteiger partial charge in [0, 0.05) is 24.2 Å². The van der Waals surface area contributed by atoms with Crippen LogP contribution in [0, 0.1) is 0 Å². The average molecular weight is 316 g/mol. The molecule has 1 aliphatic rings. The van der Waals surface area contributed by atoms with E-state index in [2.05, 4.69) is 15.7 Å². The summed E-state index contributed by atoms with van der Waals surface area (Å²) in [5.41, 5.74) is 2.27. The number of fused-ring (bicyclic) bond motifs is 1. The van der Waals surface area contributed by atoms with Gasteiger partial charge in [-0.1, -0.05) is 0 Å². The van der Waals surface area contributed by atoms with Crippen LogP contribution < -0.4 is 10.6 Å². The molecule has 22 heavy (non-hydrogen) atoms. The fourth-order valence-corrected chi connectivity index (χ4v) is 2.59. The molecule has 8 heteroatoms. The number of amides is 2. The van der Waals surface area contributed by atoms with Gasteiger partial charge >= 0.3 is 6.03 Å². The van der Waals surface area contributed by atoms with Crippen molar-refractivity contribution < 1.29 is 18.7 Å². The number of nitrogens with one attached hydrogen (secondary N) is 2. The normalized spacial score (nSPS) is 18.2. The van der Waals surface area contributed by atoms with Crippen molar-refractivity contribution in [1.29, 1.82) is 0 Å². The maximum Gasteiger partial charge on any atom is 0.315 e. The Balaban J connectivity index is 1.90. The summed E-state index contributed by atoms with van der Waals surface area (Å²) < 4.78 is 27.7. The van der Waals surface area contributed by atoms with Crippen molar-refractivity contribution in [2.75, 3.05) is 13.2 Å². The zero-order valence-corrected chi connectivity index (χ0v) is 12.8. The Morgan fingerprint density at radius 2 is 2.32 bits per heavy atom. The number of nitrogens with zero attached hydrogens (tertiary/aromatic N) is 2. The van der Waals surface area contributed by atoms with Crippen LogP contribution in [0.3, 0.4) is 0 Å². The Morgan fingerprint density at radius 3 is 2.95 bits per heavy atom. The van der Waals surface area contributed by atoms with E-state index in [-0.39, 0.29) is 12.1 Å². The molecule has 1 aromatic heterocycles. The molecule has 0 saturated heterocycles. The molecule has 3 N–H and O–H groups in total. The Morgan fingerprint density at radius 1 is 1.59 bits per heavy atom. The molecule has 0 bridgehead atoms. The number of urea groups is 1. The van der Waals surface area contributed by atoms with E-state index >= 15 is 0 Å². The fraction of sp³-hybridized carbons (Fsp3) is 0.714. The lowest BCUT2D eigenvalue weighted by atomic mass is 9.93. The zero-order chi connectivity index (χ0) is 16.3. The van der Waals surface area contributed by atoms with Gasteiger partial charge in [-0.15, -0.1) is 0 Å². The molecule has 6 nitrogen and oxygen atoms in total. The number of rotatable bonds is 5. The number of aromatic nitrogens is 2. The monoisotopic (exact) mass is 316 g/mol. The second-order valence-corrected chi connectivity index (χ2v) is 5.94. The first-order valence-corrected chi connectivity index (χ1v) is 7.40. The third-order valence-corrected chi connectivity index (χ3v) is 3.75. The van der Waals surface area contributed by atoms with E-state index < -0.39 is 25.1 Å². The molecule has 0 aliphatic heterocycles. The van der Waals surface area contributed by atoms with Crippen molar-refractivity contribution in [3.05, 3.63) is 17.5 Å². The van der Waals surface area contributed by atoms with Crippen molar-refractivity contribution in [2.45, 2.75) is 51.1 Å². The van der Waals surface area contributed by atoms with Crippen LogP contribution in [-0.4, -0.2) is 46.0 Å². The second-order valence-electron chi connectivity index (χ2n) is 5.94. The van der Waals surface area contributed by atoms with Gasteiger partial charge in [-0.05, 0) is 32.3 Å². The van der Waals surface area contributed by atoms with Gasteiger partial charge in [0.1, 0.15) is 6.61 Å². The Hall–Kier alpha value is -1.70. The van der Waals surface area contributed by atoms with E-state index in [1.54, 1.807) is 0 Å². The fourth-order valence-electron chi connectivity index (χ4n) is 2.59. The van der Waals surface area contributed by atoms with Crippen LogP contribution >= 0.6 is 0 Å². The van der Waals surface area contributed by atoms with Gasteiger partial charge in [0.25, 0.3) is 5.92 Å². The Labute approximate surface area is 127 Å². The van der Waals surface area contributed by atoms with Crippen LogP contribution in [-0.2, 0) is 12.8 Å². The minimum Gasteiger partial charge on any atom is -0.390 e. The van der Waals surface area contributed by atoms with E-state index in [1.165, 1.54) is 5.56 Å². The summed E-state index contributed by atoms with van der Waals surface area (Å²) in [5.74, 6) is -3.30. The smallest absolute Gasteiger partial charge is 0.315 e. The van der Waals surface area contributed by atoms with Crippen LogP contribution in [0.4, 0.5) is 13.6 Å². The second kappa shape index (κ2) is 6.60. The lowest BCUT2D eigenvalue weighted by Gasteiger charge is -2.25. The summed E-state index contributed by atoms with van der Waals surface area (Å²) in [6.45, 7) is 1.91. The molecule has 124 valence electrons. The molecule has 1 atom stereocenters. The predicted molar refractivity (Wildman–Crippen MR) is 77.0 cm³/mol. The lowest BCUT2D eigenvalue weighted by molar-refractivity contribution is -0.0454. The van der Waals surface area contributed by atoms with E-state index in [4.69, 9.17) is 5.11 Å². The Kier molecular flexibility index (Phi) is 5.00. The van der Waals surface area contributed by atoms with Crippen molar-refractivity contribution in [1.82, 2.24) is 20.4 Å². The third-order valence-electron chi connectivity index (χ3n) is 3.75. The van der Waals surface area contributed by atoms with Gasteiger partial charge < -0.3 is 15.7 Å². The quantitative estimate of drug-likeness (QED) is 0.765. The lowest BCUT2D eigenvalue weighted by Crippen LogP contribution is -2.48. The van der Waals surface area contributed by atoms with Crippen LogP contribution in [0.5, 0.6) is 0 Å². The van der Waals surface area contributed by atoms with Crippen LogP contribution in [0.15, 0.2) is 6.20 Å². The maximum atomic E-state index is 12.9. The number of alkyl halides is 2. The summed E-state index contributed by atoms with van der Waals surface area (Å²) in [4.78, 5) is 11.7. The first-order valence-electron chi connectivity index (χ1n) is 7.40. The number of carbonyl (C=O) groups is 1. The van der Waals surface area contributed by atoms with Gasteiger partial charge in [0.05, 0.1) is 12.7 Å². The number of halogens is 2. The average Bonchev–Trinajstić information content (AvgIpc) is 2.88. The SMILES string of the molecule is CC(C)n1ncc2c1CC(NC(=O)NCC(F)(F)CO)CC2. The Bertz CT molecular complexity index is 531. The molecular weight excluding hydrogens is 294 g/mol.